The molecule has 1 saturated carbocycles. The van der Waals surface area contributed by atoms with Gasteiger partial charge in [-0.1, -0.05) is 18.2 Å². The van der Waals surface area contributed by atoms with Crippen LogP contribution in [0, 0.1) is 11.8 Å². The average Bonchev–Trinajstić information content (AvgIpc) is 2.78. The van der Waals surface area contributed by atoms with Crippen molar-refractivity contribution >= 4 is 16.7 Å². The van der Waals surface area contributed by atoms with Crippen LogP contribution in [0.25, 0.3) is 10.8 Å². The Labute approximate surface area is 198 Å². The number of hydrogen-bond acceptors (Lipinski definition) is 3. The number of alkyl halides is 6. The second-order valence-electron chi connectivity index (χ2n) is 9.54. The van der Waals surface area contributed by atoms with Crippen molar-refractivity contribution in [1.29, 1.82) is 0 Å². The number of carboxylic acid groups (broad SMARTS) is 1. The van der Waals surface area contributed by atoms with Gasteiger partial charge in [-0.3, -0.25) is 9.69 Å². The van der Waals surface area contributed by atoms with Crippen LogP contribution in [0.5, 0.6) is 5.75 Å². The molecule has 2 aromatic rings. The molecule has 35 heavy (non-hydrogen) atoms. The molecular formula is C25H27F6NO3. The molecule has 0 spiro atoms. The van der Waals surface area contributed by atoms with Crippen LogP contribution in [0.4, 0.5) is 26.3 Å². The molecule has 4 nitrogen and oxygen atoms in total. The monoisotopic (exact) mass is 503 g/mol. The van der Waals surface area contributed by atoms with Crippen LogP contribution in [0.15, 0.2) is 30.3 Å². The molecule has 1 aliphatic carbocycles. The molecular weight excluding hydrogens is 476 g/mol. The molecule has 1 aliphatic heterocycles. The van der Waals surface area contributed by atoms with E-state index in [2.05, 4.69) is 0 Å². The number of rotatable bonds is 5. The van der Waals surface area contributed by atoms with Gasteiger partial charge in [0.15, 0.2) is 0 Å². The fourth-order valence-corrected chi connectivity index (χ4v) is 5.19. The summed E-state index contributed by atoms with van der Waals surface area (Å²) in [6.07, 6.45) is -8.58. The second-order valence-corrected chi connectivity index (χ2v) is 9.54. The zero-order chi connectivity index (χ0) is 25.4. The molecule has 0 bridgehead atoms. The third kappa shape index (κ3) is 6.02. The Morgan fingerprint density at radius 1 is 1.00 bits per heavy atom. The molecule has 1 heterocycles. The minimum atomic E-state index is -4.71. The molecule has 1 N–H and O–H groups in total. The van der Waals surface area contributed by atoms with Crippen molar-refractivity contribution in [2.45, 2.75) is 63.5 Å². The maximum Gasteiger partial charge on any atom is 0.420 e. The SMILES string of the molecule is O=C(O)[C@H]1CCCN(Cc2ccc3c(C(F)(F)F)c(O[C@H]4CC[C@@H](C(F)(F)F)CC4)ccc3c2)C1. The van der Waals surface area contributed by atoms with Gasteiger partial charge in [0, 0.05) is 13.1 Å². The molecule has 2 fully saturated rings. The largest absolute Gasteiger partial charge is 0.490 e. The van der Waals surface area contributed by atoms with Crippen molar-refractivity contribution in [3.8, 4) is 5.75 Å². The lowest BCUT2D eigenvalue weighted by Crippen LogP contribution is -2.38. The van der Waals surface area contributed by atoms with E-state index in [-0.39, 0.29) is 36.8 Å². The van der Waals surface area contributed by atoms with Crippen LogP contribution < -0.4 is 4.74 Å². The summed E-state index contributed by atoms with van der Waals surface area (Å²) < 4.78 is 86.5. The standard InChI is InChI=1S/C25H27F6NO3/c26-24(27,28)18-5-7-19(8-6-18)35-21-10-4-16-12-15(3-9-20(16)22(21)25(29,30)31)13-32-11-1-2-17(14-32)23(33)34/h3-4,9-10,12,17-19H,1-2,5-8,11,13-14H2,(H,33,34)/t17-,18-,19+/m0/s1. The summed E-state index contributed by atoms with van der Waals surface area (Å²) in [5, 5.41) is 9.60. The van der Waals surface area contributed by atoms with Crippen molar-refractivity contribution in [1.82, 2.24) is 4.90 Å². The molecule has 4 rings (SSSR count). The fourth-order valence-electron chi connectivity index (χ4n) is 5.19. The molecule has 0 aromatic heterocycles. The second kappa shape index (κ2) is 9.87. The Balaban J connectivity index is 1.54. The van der Waals surface area contributed by atoms with Gasteiger partial charge in [-0.2, -0.15) is 26.3 Å². The highest BCUT2D eigenvalue weighted by Crippen LogP contribution is 2.44. The molecule has 10 heteroatoms. The van der Waals surface area contributed by atoms with Crippen LogP contribution in [0.1, 0.15) is 49.7 Å². The van der Waals surface area contributed by atoms with Crippen molar-refractivity contribution in [2.24, 2.45) is 11.8 Å². The van der Waals surface area contributed by atoms with Gasteiger partial charge in [0.25, 0.3) is 0 Å². The van der Waals surface area contributed by atoms with E-state index in [1.807, 2.05) is 4.90 Å². The lowest BCUT2D eigenvalue weighted by atomic mass is 9.87. The maximum atomic E-state index is 14.1. The van der Waals surface area contributed by atoms with E-state index in [1.54, 1.807) is 12.1 Å². The Kier molecular flexibility index (Phi) is 7.22. The van der Waals surface area contributed by atoms with Crippen molar-refractivity contribution in [3.63, 3.8) is 0 Å². The molecule has 2 aromatic carbocycles. The first kappa shape index (κ1) is 25.6. The summed E-state index contributed by atoms with van der Waals surface area (Å²) in [6, 6.07) is 7.42. The zero-order valence-electron chi connectivity index (χ0n) is 19.0. The zero-order valence-corrected chi connectivity index (χ0v) is 19.0. The lowest BCUT2D eigenvalue weighted by Gasteiger charge is -2.31. The molecule has 192 valence electrons. The van der Waals surface area contributed by atoms with E-state index in [1.165, 1.54) is 18.2 Å². The number of piperidine rings is 1. The van der Waals surface area contributed by atoms with Gasteiger partial charge in [0.2, 0.25) is 0 Å². The first-order valence-corrected chi connectivity index (χ1v) is 11.7. The van der Waals surface area contributed by atoms with E-state index in [0.717, 1.165) is 18.5 Å². The highest BCUT2D eigenvalue weighted by Gasteiger charge is 2.42. The number of aliphatic carboxylic acids is 1. The predicted molar refractivity (Wildman–Crippen MR) is 117 cm³/mol. The minimum Gasteiger partial charge on any atom is -0.490 e. The molecule has 1 saturated heterocycles. The van der Waals surface area contributed by atoms with E-state index < -0.39 is 41.8 Å². The average molecular weight is 503 g/mol. The first-order valence-electron chi connectivity index (χ1n) is 11.7. The van der Waals surface area contributed by atoms with Crippen LogP contribution in [0.3, 0.4) is 0 Å². The predicted octanol–water partition coefficient (Wildman–Crippen LogP) is 6.66. The van der Waals surface area contributed by atoms with Crippen molar-refractivity contribution in [3.05, 3.63) is 41.5 Å². The van der Waals surface area contributed by atoms with Crippen molar-refractivity contribution < 1.29 is 41.0 Å². The molecule has 0 radical (unpaired) electrons. The van der Waals surface area contributed by atoms with Crippen LogP contribution in [0.2, 0.25) is 0 Å². The van der Waals surface area contributed by atoms with Gasteiger partial charge >= 0.3 is 18.3 Å². The van der Waals surface area contributed by atoms with Gasteiger partial charge in [0.05, 0.1) is 17.9 Å². The van der Waals surface area contributed by atoms with Crippen LogP contribution in [-0.4, -0.2) is 41.3 Å². The summed E-state index contributed by atoms with van der Waals surface area (Å²) in [7, 11) is 0. The van der Waals surface area contributed by atoms with Gasteiger partial charge in [-0.15, -0.1) is 0 Å². The van der Waals surface area contributed by atoms with E-state index in [0.29, 0.717) is 24.9 Å². The smallest absolute Gasteiger partial charge is 0.420 e. The number of hydrogen-bond donors (Lipinski definition) is 1. The third-order valence-electron chi connectivity index (χ3n) is 7.02. The van der Waals surface area contributed by atoms with Crippen LogP contribution in [-0.2, 0) is 17.5 Å². The van der Waals surface area contributed by atoms with Crippen LogP contribution >= 0.6 is 0 Å². The van der Waals surface area contributed by atoms with E-state index in [9.17, 15) is 36.2 Å². The quantitative estimate of drug-likeness (QED) is 0.464. The summed E-state index contributed by atoms with van der Waals surface area (Å²) in [4.78, 5) is 13.3. The summed E-state index contributed by atoms with van der Waals surface area (Å²) in [5.74, 6) is -3.10. The highest BCUT2D eigenvalue weighted by molar-refractivity contribution is 5.89. The number of benzene rings is 2. The molecule has 0 amide bonds. The van der Waals surface area contributed by atoms with Gasteiger partial charge < -0.3 is 9.84 Å². The number of likely N-dealkylation sites (tertiary alicyclic amines) is 1. The van der Waals surface area contributed by atoms with Crippen molar-refractivity contribution in [2.75, 3.05) is 13.1 Å². The maximum absolute atomic E-state index is 14.1. The summed E-state index contributed by atoms with van der Waals surface area (Å²) in [5.41, 5.74) is -0.154. The van der Waals surface area contributed by atoms with E-state index >= 15 is 0 Å². The van der Waals surface area contributed by atoms with Gasteiger partial charge in [-0.05, 0) is 73.5 Å². The van der Waals surface area contributed by atoms with E-state index in [4.69, 9.17) is 4.74 Å². The number of fused-ring (bicyclic) bond motifs is 1. The number of carboxylic acids is 1. The normalized spacial score (nSPS) is 24.5. The summed E-state index contributed by atoms with van der Waals surface area (Å²) in [6.45, 7) is 1.55. The minimum absolute atomic E-state index is 0.0372. The summed E-state index contributed by atoms with van der Waals surface area (Å²) >= 11 is 0. The third-order valence-corrected chi connectivity index (χ3v) is 7.02. The Morgan fingerprint density at radius 2 is 1.71 bits per heavy atom. The Morgan fingerprint density at radius 3 is 2.34 bits per heavy atom. The number of carbonyl (C=O) groups is 1. The Hall–Kier alpha value is -2.49. The highest BCUT2D eigenvalue weighted by atomic mass is 19.4. The van der Waals surface area contributed by atoms with Gasteiger partial charge in [-0.25, -0.2) is 0 Å². The van der Waals surface area contributed by atoms with Gasteiger partial charge in [0.1, 0.15) is 11.3 Å². The molecule has 1 atom stereocenters. The lowest BCUT2D eigenvalue weighted by molar-refractivity contribution is -0.185. The first-order chi connectivity index (χ1) is 16.4. The fraction of sp³-hybridized carbons (Fsp3) is 0.560. The number of ether oxygens (including phenoxy) is 1. The number of halogens is 6. The topological polar surface area (TPSA) is 49.8 Å². The number of nitrogens with zero attached hydrogens (tertiary/aromatic N) is 1. The molecule has 2 aliphatic rings. The Bertz CT molecular complexity index is 1060. The molecule has 0 unspecified atom stereocenters.